The fourth-order valence-electron chi connectivity index (χ4n) is 1.79. The molecule has 2 rings (SSSR count). The average Bonchev–Trinajstić information content (AvgIpc) is 2.49. The lowest BCUT2D eigenvalue weighted by Gasteiger charge is -2.15. The smallest absolute Gasteiger partial charge is 0.237 e. The van der Waals surface area contributed by atoms with Crippen molar-refractivity contribution in [1.82, 2.24) is 0 Å². The van der Waals surface area contributed by atoms with Crippen molar-refractivity contribution in [3.8, 4) is 0 Å². The molecule has 0 aliphatic carbocycles. The lowest BCUT2D eigenvalue weighted by molar-refractivity contribution is -0.115. The van der Waals surface area contributed by atoms with Gasteiger partial charge in [-0.25, -0.2) is 0 Å². The van der Waals surface area contributed by atoms with Crippen molar-refractivity contribution in [3.63, 3.8) is 0 Å². The van der Waals surface area contributed by atoms with Crippen LogP contribution < -0.4 is 11.1 Å². The Balaban J connectivity index is 2.01. The van der Waals surface area contributed by atoms with E-state index in [-0.39, 0.29) is 11.2 Å². The fraction of sp³-hybridized carbons (Fsp3) is 0.188. The van der Waals surface area contributed by atoms with Crippen LogP contribution in [-0.4, -0.2) is 11.2 Å². The third kappa shape index (κ3) is 4.93. The molecule has 0 bridgehead atoms. The molecule has 1 atom stereocenters. The summed E-state index contributed by atoms with van der Waals surface area (Å²) < 4.78 is 1.15. The molecule has 0 spiro atoms. The van der Waals surface area contributed by atoms with E-state index in [1.54, 1.807) is 11.8 Å². The second-order valence-corrected chi connectivity index (χ2v) is 7.10. The SMILES string of the molecule is CCC(Sc1ccc(N)cc1)C(=O)Nc1ccc(I)cc1. The highest BCUT2D eigenvalue weighted by Gasteiger charge is 2.17. The highest BCUT2D eigenvalue weighted by molar-refractivity contribution is 14.1. The standard InChI is InChI=1S/C16H17IN2OS/c1-2-15(21-14-9-5-12(18)6-10-14)16(20)19-13-7-3-11(17)4-8-13/h3-10,15H,2,18H2,1H3,(H,19,20). The Bertz CT molecular complexity index is 599. The zero-order valence-electron chi connectivity index (χ0n) is 11.7. The van der Waals surface area contributed by atoms with Gasteiger partial charge in [-0.1, -0.05) is 6.92 Å². The fourth-order valence-corrected chi connectivity index (χ4v) is 3.10. The van der Waals surface area contributed by atoms with Gasteiger partial charge in [0.2, 0.25) is 5.91 Å². The molecule has 110 valence electrons. The molecule has 0 aliphatic rings. The maximum Gasteiger partial charge on any atom is 0.237 e. The molecule has 1 unspecified atom stereocenters. The van der Waals surface area contributed by atoms with E-state index in [0.717, 1.165) is 26.3 Å². The Kier molecular flexibility index (Phi) is 5.93. The maximum atomic E-state index is 12.3. The number of halogens is 1. The zero-order valence-corrected chi connectivity index (χ0v) is 14.6. The lowest BCUT2D eigenvalue weighted by atomic mass is 10.3. The number of hydrogen-bond donors (Lipinski definition) is 2. The molecule has 2 aromatic carbocycles. The van der Waals surface area contributed by atoms with Crippen molar-refractivity contribution in [2.45, 2.75) is 23.5 Å². The number of nitrogens with two attached hydrogens (primary N) is 1. The van der Waals surface area contributed by atoms with E-state index in [4.69, 9.17) is 5.73 Å². The van der Waals surface area contributed by atoms with E-state index in [9.17, 15) is 4.79 Å². The van der Waals surface area contributed by atoms with E-state index >= 15 is 0 Å². The normalized spacial score (nSPS) is 11.9. The summed E-state index contributed by atoms with van der Waals surface area (Å²) in [7, 11) is 0. The summed E-state index contributed by atoms with van der Waals surface area (Å²) in [6.07, 6.45) is 0.769. The Hall–Kier alpha value is -1.21. The number of benzene rings is 2. The van der Waals surface area contributed by atoms with Crippen LogP contribution in [0.2, 0.25) is 0 Å². The van der Waals surface area contributed by atoms with Gasteiger partial charge in [-0.05, 0) is 77.5 Å². The number of carbonyl (C=O) groups excluding carboxylic acids is 1. The average molecular weight is 412 g/mol. The van der Waals surface area contributed by atoms with Crippen LogP contribution in [0.5, 0.6) is 0 Å². The first-order valence-corrected chi connectivity index (χ1v) is 8.63. The molecular weight excluding hydrogens is 395 g/mol. The molecule has 5 heteroatoms. The van der Waals surface area contributed by atoms with Gasteiger partial charge in [0.1, 0.15) is 0 Å². The number of nitrogens with one attached hydrogen (secondary N) is 1. The first-order valence-electron chi connectivity index (χ1n) is 6.67. The predicted molar refractivity (Wildman–Crippen MR) is 98.6 cm³/mol. The Morgan fingerprint density at radius 1 is 1.19 bits per heavy atom. The largest absolute Gasteiger partial charge is 0.399 e. The zero-order chi connectivity index (χ0) is 15.2. The Morgan fingerprint density at radius 3 is 2.38 bits per heavy atom. The Labute approximate surface area is 142 Å². The first kappa shape index (κ1) is 16.2. The molecule has 0 saturated carbocycles. The van der Waals surface area contributed by atoms with Gasteiger partial charge in [0.15, 0.2) is 0 Å². The monoisotopic (exact) mass is 412 g/mol. The third-order valence-corrected chi connectivity index (χ3v) is 5.03. The van der Waals surface area contributed by atoms with Crippen LogP contribution in [0.4, 0.5) is 11.4 Å². The van der Waals surface area contributed by atoms with Crippen LogP contribution in [0, 0.1) is 3.57 Å². The highest BCUT2D eigenvalue weighted by Crippen LogP contribution is 2.27. The van der Waals surface area contributed by atoms with Gasteiger partial charge in [0, 0.05) is 19.8 Å². The van der Waals surface area contributed by atoms with Gasteiger partial charge in [-0.15, -0.1) is 11.8 Å². The van der Waals surface area contributed by atoms with Gasteiger partial charge in [0.05, 0.1) is 5.25 Å². The van der Waals surface area contributed by atoms with Crippen molar-refractivity contribution in [2.24, 2.45) is 0 Å². The first-order chi connectivity index (χ1) is 10.1. The van der Waals surface area contributed by atoms with E-state index in [1.165, 1.54) is 0 Å². The number of nitrogen functional groups attached to an aromatic ring is 1. The molecule has 0 radical (unpaired) electrons. The van der Waals surface area contributed by atoms with Crippen LogP contribution in [0.15, 0.2) is 53.4 Å². The highest BCUT2D eigenvalue weighted by atomic mass is 127. The van der Waals surface area contributed by atoms with Crippen molar-refractivity contribution >= 4 is 51.6 Å². The molecule has 2 aromatic rings. The molecule has 1 amide bonds. The molecule has 21 heavy (non-hydrogen) atoms. The van der Waals surface area contributed by atoms with E-state index in [0.29, 0.717) is 0 Å². The van der Waals surface area contributed by atoms with Crippen molar-refractivity contribution in [1.29, 1.82) is 0 Å². The summed E-state index contributed by atoms with van der Waals surface area (Å²) in [6, 6.07) is 15.4. The van der Waals surface area contributed by atoms with Crippen LogP contribution in [-0.2, 0) is 4.79 Å². The van der Waals surface area contributed by atoms with Crippen LogP contribution in [0.25, 0.3) is 0 Å². The topological polar surface area (TPSA) is 55.1 Å². The van der Waals surface area contributed by atoms with Gasteiger partial charge in [0.25, 0.3) is 0 Å². The minimum atomic E-state index is -0.118. The third-order valence-electron chi connectivity index (χ3n) is 2.93. The number of anilines is 2. The molecule has 3 nitrogen and oxygen atoms in total. The molecule has 3 N–H and O–H groups in total. The molecule has 0 aliphatic heterocycles. The molecule has 0 heterocycles. The molecule has 0 aromatic heterocycles. The summed E-state index contributed by atoms with van der Waals surface area (Å²) in [5.74, 6) is 0.0283. The predicted octanol–water partition coefficient (Wildman–Crippen LogP) is 4.38. The number of carbonyl (C=O) groups is 1. The number of amides is 1. The lowest BCUT2D eigenvalue weighted by Crippen LogP contribution is -2.24. The summed E-state index contributed by atoms with van der Waals surface area (Å²) in [6.45, 7) is 2.02. The minimum absolute atomic E-state index is 0.0283. The van der Waals surface area contributed by atoms with Crippen molar-refractivity contribution in [3.05, 3.63) is 52.1 Å². The van der Waals surface area contributed by atoms with Crippen molar-refractivity contribution in [2.75, 3.05) is 11.1 Å². The number of rotatable bonds is 5. The van der Waals surface area contributed by atoms with Gasteiger partial charge in [-0.3, -0.25) is 4.79 Å². The van der Waals surface area contributed by atoms with E-state index < -0.39 is 0 Å². The number of hydrogen-bond acceptors (Lipinski definition) is 3. The minimum Gasteiger partial charge on any atom is -0.399 e. The van der Waals surface area contributed by atoms with E-state index in [2.05, 4.69) is 27.9 Å². The summed E-state index contributed by atoms with van der Waals surface area (Å²) in [5.41, 5.74) is 7.24. The van der Waals surface area contributed by atoms with E-state index in [1.807, 2.05) is 55.5 Å². The second kappa shape index (κ2) is 7.70. The van der Waals surface area contributed by atoms with Gasteiger partial charge >= 0.3 is 0 Å². The van der Waals surface area contributed by atoms with Gasteiger partial charge in [-0.2, -0.15) is 0 Å². The molecule has 0 fully saturated rings. The quantitative estimate of drug-likeness (QED) is 0.435. The maximum absolute atomic E-state index is 12.3. The Morgan fingerprint density at radius 2 is 1.81 bits per heavy atom. The summed E-state index contributed by atoms with van der Waals surface area (Å²) in [4.78, 5) is 13.4. The van der Waals surface area contributed by atoms with Crippen molar-refractivity contribution < 1.29 is 4.79 Å². The second-order valence-electron chi connectivity index (χ2n) is 4.58. The van der Waals surface area contributed by atoms with Gasteiger partial charge < -0.3 is 11.1 Å². The van der Waals surface area contributed by atoms with Crippen LogP contribution in [0.1, 0.15) is 13.3 Å². The van der Waals surface area contributed by atoms with Crippen LogP contribution >= 0.6 is 34.4 Å². The number of thioether (sulfide) groups is 1. The molecule has 0 saturated heterocycles. The molecular formula is C16H17IN2OS. The van der Waals surface area contributed by atoms with Crippen LogP contribution in [0.3, 0.4) is 0 Å². The summed E-state index contributed by atoms with van der Waals surface area (Å²) in [5, 5.41) is 2.85. The summed E-state index contributed by atoms with van der Waals surface area (Å²) >= 11 is 3.80.